The molecule has 0 spiro atoms. The van der Waals surface area contributed by atoms with Gasteiger partial charge in [0, 0.05) is 17.8 Å². The van der Waals surface area contributed by atoms with Crippen LogP contribution in [0, 0.1) is 13.8 Å². The zero-order valence-electron chi connectivity index (χ0n) is 15.1. The summed E-state index contributed by atoms with van der Waals surface area (Å²) in [6.07, 6.45) is 3.77. The highest BCUT2D eigenvalue weighted by Crippen LogP contribution is 2.32. The quantitative estimate of drug-likeness (QED) is 0.820. The average Bonchev–Trinajstić information content (AvgIpc) is 2.92. The van der Waals surface area contributed by atoms with Crippen LogP contribution in [0.4, 0.5) is 5.00 Å². The Bertz CT molecular complexity index is 909. The Balaban J connectivity index is 1.80. The van der Waals surface area contributed by atoms with Crippen molar-refractivity contribution in [2.24, 2.45) is 0 Å². The van der Waals surface area contributed by atoms with Gasteiger partial charge in [0.1, 0.15) is 17.4 Å². The minimum Gasteiger partial charge on any atom is -0.465 e. The first-order valence-corrected chi connectivity index (χ1v) is 9.38. The van der Waals surface area contributed by atoms with Crippen LogP contribution in [0.2, 0.25) is 0 Å². The lowest BCUT2D eigenvalue weighted by atomic mass is 10.1. The summed E-state index contributed by atoms with van der Waals surface area (Å²) >= 11 is 1.31. The highest BCUT2D eigenvalue weighted by Gasteiger charge is 2.23. The molecule has 140 valence electrons. The van der Waals surface area contributed by atoms with Crippen molar-refractivity contribution in [1.82, 2.24) is 14.3 Å². The number of ether oxygens (including phenoxy) is 1. The van der Waals surface area contributed by atoms with Crippen molar-refractivity contribution in [3.05, 3.63) is 32.3 Å². The van der Waals surface area contributed by atoms with E-state index in [9.17, 15) is 14.4 Å². The van der Waals surface area contributed by atoms with Crippen LogP contribution in [-0.4, -0.2) is 33.3 Å². The van der Waals surface area contributed by atoms with Crippen molar-refractivity contribution >= 4 is 28.2 Å². The number of esters is 1. The predicted molar refractivity (Wildman–Crippen MR) is 97.8 cm³/mol. The van der Waals surface area contributed by atoms with E-state index in [1.165, 1.54) is 23.1 Å². The highest BCUT2D eigenvalue weighted by atomic mass is 32.1. The second-order valence-corrected chi connectivity index (χ2v) is 7.57. The van der Waals surface area contributed by atoms with Gasteiger partial charge in [-0.25, -0.2) is 14.3 Å². The summed E-state index contributed by atoms with van der Waals surface area (Å²) in [5.74, 6) is -0.154. The molecule has 3 rings (SSSR count). The fraction of sp³-hybridized carbons (Fsp3) is 0.529. The van der Waals surface area contributed by atoms with Crippen LogP contribution in [0.15, 0.2) is 4.79 Å². The van der Waals surface area contributed by atoms with E-state index in [0.29, 0.717) is 17.1 Å². The van der Waals surface area contributed by atoms with Crippen LogP contribution in [0.3, 0.4) is 0 Å². The lowest BCUT2D eigenvalue weighted by molar-refractivity contribution is -0.116. The number of rotatable bonds is 4. The molecule has 0 aromatic carbocycles. The fourth-order valence-electron chi connectivity index (χ4n) is 3.09. The third-order valence-electron chi connectivity index (χ3n) is 4.60. The second kappa shape index (κ2) is 7.45. The van der Waals surface area contributed by atoms with E-state index < -0.39 is 11.9 Å². The number of nitrogens with one attached hydrogen (secondary N) is 1. The largest absolute Gasteiger partial charge is 0.465 e. The van der Waals surface area contributed by atoms with Gasteiger partial charge in [-0.15, -0.1) is 11.3 Å². The molecule has 2 aromatic heterocycles. The van der Waals surface area contributed by atoms with E-state index in [1.54, 1.807) is 4.57 Å². The smallest absolute Gasteiger partial charge is 0.346 e. The van der Waals surface area contributed by atoms with Crippen LogP contribution >= 0.6 is 11.3 Å². The molecule has 8 nitrogen and oxygen atoms in total. The number of anilines is 1. The summed E-state index contributed by atoms with van der Waals surface area (Å²) in [5, 5.41) is 7.47. The van der Waals surface area contributed by atoms with Gasteiger partial charge in [0.25, 0.3) is 0 Å². The summed E-state index contributed by atoms with van der Waals surface area (Å²) in [6, 6.07) is 0. The Labute approximate surface area is 154 Å². The van der Waals surface area contributed by atoms with E-state index in [0.717, 1.165) is 41.9 Å². The van der Waals surface area contributed by atoms with Crippen molar-refractivity contribution in [2.75, 3.05) is 12.4 Å². The molecule has 9 heteroatoms. The third-order valence-corrected chi connectivity index (χ3v) is 5.73. The molecule has 0 unspecified atom stereocenters. The molecule has 0 aliphatic carbocycles. The first-order valence-electron chi connectivity index (χ1n) is 8.57. The van der Waals surface area contributed by atoms with Gasteiger partial charge in [0.05, 0.1) is 12.7 Å². The predicted octanol–water partition coefficient (Wildman–Crippen LogP) is 1.87. The molecule has 0 saturated carbocycles. The molecular formula is C17H22N4O4S. The summed E-state index contributed by atoms with van der Waals surface area (Å²) in [7, 11) is 1.30. The normalized spacial score (nSPS) is 13.8. The van der Waals surface area contributed by atoms with E-state index in [2.05, 4.69) is 10.4 Å². The van der Waals surface area contributed by atoms with Gasteiger partial charge in [0.2, 0.25) is 5.91 Å². The number of fused-ring (bicyclic) bond motifs is 1. The van der Waals surface area contributed by atoms with Crippen molar-refractivity contribution in [3.63, 3.8) is 0 Å². The molecule has 1 aliphatic heterocycles. The van der Waals surface area contributed by atoms with Gasteiger partial charge in [-0.05, 0) is 32.3 Å². The molecule has 0 bridgehead atoms. The van der Waals surface area contributed by atoms with Crippen LogP contribution in [0.25, 0.3) is 0 Å². The first-order chi connectivity index (χ1) is 12.4. The minimum absolute atomic E-state index is 0.185. The Kier molecular flexibility index (Phi) is 5.26. The minimum atomic E-state index is -0.493. The lowest BCUT2D eigenvalue weighted by Gasteiger charge is -2.06. The van der Waals surface area contributed by atoms with Crippen molar-refractivity contribution < 1.29 is 14.3 Å². The number of aromatic nitrogens is 3. The van der Waals surface area contributed by atoms with Crippen molar-refractivity contribution in [2.45, 2.75) is 52.6 Å². The SMILES string of the molecule is COC(=O)c1c(NC(=O)Cn2nc3n(c2=O)CCCCC3)sc(C)c1C. The van der Waals surface area contributed by atoms with Gasteiger partial charge in [-0.3, -0.25) is 9.36 Å². The standard InChI is InChI=1S/C17H22N4O4S/c1-10-11(2)26-15(14(10)16(23)25-3)18-13(22)9-21-17(24)20-8-6-4-5-7-12(20)19-21/h4-9H2,1-3H3,(H,18,22). The number of carbonyl (C=O) groups is 2. The number of nitrogens with zero attached hydrogens (tertiary/aromatic N) is 3. The molecule has 3 heterocycles. The molecule has 0 radical (unpaired) electrons. The Morgan fingerprint density at radius 2 is 2.04 bits per heavy atom. The molecule has 2 aromatic rings. The molecule has 1 aliphatic rings. The Morgan fingerprint density at radius 1 is 1.27 bits per heavy atom. The number of amides is 1. The Hall–Kier alpha value is -2.42. The van der Waals surface area contributed by atoms with Crippen LogP contribution in [-0.2, 0) is 29.0 Å². The van der Waals surface area contributed by atoms with E-state index >= 15 is 0 Å². The maximum atomic E-state index is 12.4. The van der Waals surface area contributed by atoms with Crippen molar-refractivity contribution in [3.8, 4) is 0 Å². The van der Waals surface area contributed by atoms with E-state index in [1.807, 2.05) is 13.8 Å². The summed E-state index contributed by atoms with van der Waals surface area (Å²) in [6.45, 7) is 4.14. The maximum absolute atomic E-state index is 12.4. The van der Waals surface area contributed by atoms with Crippen LogP contribution in [0.5, 0.6) is 0 Å². The number of aryl methyl sites for hydroxylation is 2. The average molecular weight is 378 g/mol. The number of hydrogen-bond donors (Lipinski definition) is 1. The van der Waals surface area contributed by atoms with Crippen LogP contribution < -0.4 is 11.0 Å². The summed E-state index contributed by atoms with van der Waals surface area (Å²) in [4.78, 5) is 37.8. The molecule has 1 amide bonds. The molecule has 1 N–H and O–H groups in total. The third kappa shape index (κ3) is 3.44. The second-order valence-electron chi connectivity index (χ2n) is 6.35. The number of thiophene rings is 1. The lowest BCUT2D eigenvalue weighted by Crippen LogP contribution is -2.30. The number of methoxy groups -OCH3 is 1. The van der Waals surface area contributed by atoms with E-state index in [-0.39, 0.29) is 12.2 Å². The van der Waals surface area contributed by atoms with Gasteiger partial charge in [-0.1, -0.05) is 6.42 Å². The zero-order chi connectivity index (χ0) is 18.8. The number of carbonyl (C=O) groups excluding carboxylic acids is 2. The fourth-order valence-corrected chi connectivity index (χ4v) is 4.16. The Morgan fingerprint density at radius 3 is 2.77 bits per heavy atom. The topological polar surface area (TPSA) is 95.2 Å². The number of hydrogen-bond acceptors (Lipinski definition) is 6. The first kappa shape index (κ1) is 18.4. The van der Waals surface area contributed by atoms with E-state index in [4.69, 9.17) is 4.74 Å². The van der Waals surface area contributed by atoms with Crippen LogP contribution in [0.1, 0.15) is 45.9 Å². The summed E-state index contributed by atoms with van der Waals surface area (Å²) < 4.78 is 7.65. The zero-order valence-corrected chi connectivity index (χ0v) is 15.9. The summed E-state index contributed by atoms with van der Waals surface area (Å²) in [5.41, 5.74) is 0.878. The maximum Gasteiger partial charge on any atom is 0.346 e. The molecule has 26 heavy (non-hydrogen) atoms. The highest BCUT2D eigenvalue weighted by molar-refractivity contribution is 7.16. The van der Waals surface area contributed by atoms with Gasteiger partial charge >= 0.3 is 11.7 Å². The van der Waals surface area contributed by atoms with Gasteiger partial charge < -0.3 is 10.1 Å². The van der Waals surface area contributed by atoms with Gasteiger partial charge in [-0.2, -0.15) is 5.10 Å². The molecule has 0 fully saturated rings. The molecule has 0 atom stereocenters. The molecule has 0 saturated heterocycles. The monoisotopic (exact) mass is 378 g/mol. The van der Waals surface area contributed by atoms with Crippen molar-refractivity contribution in [1.29, 1.82) is 0 Å². The van der Waals surface area contributed by atoms with Gasteiger partial charge in [0.15, 0.2) is 0 Å². The molecular weight excluding hydrogens is 356 g/mol.